The van der Waals surface area contributed by atoms with Gasteiger partial charge >= 0.3 is 6.18 Å². The molecule has 0 bridgehead atoms. The Morgan fingerprint density at radius 2 is 1.74 bits per heavy atom. The summed E-state index contributed by atoms with van der Waals surface area (Å²) in [4.78, 5) is 21.7. The van der Waals surface area contributed by atoms with Crippen LogP contribution in [0.25, 0.3) is 0 Å². The van der Waals surface area contributed by atoms with Gasteiger partial charge in [0.05, 0.1) is 16.2 Å². The lowest BCUT2D eigenvalue weighted by molar-refractivity contribution is -0.384. The van der Waals surface area contributed by atoms with E-state index >= 15 is 0 Å². The van der Waals surface area contributed by atoms with Crippen LogP contribution >= 0.6 is 0 Å². The molecule has 0 saturated heterocycles. The number of nitrogens with one attached hydrogen (secondary N) is 2. The van der Waals surface area contributed by atoms with Gasteiger partial charge in [0.2, 0.25) is 5.91 Å². The van der Waals surface area contributed by atoms with E-state index < -0.39 is 39.9 Å². The zero-order chi connectivity index (χ0) is 20.2. The Bertz CT molecular complexity index is 871. The predicted octanol–water partition coefficient (Wildman–Crippen LogP) is 4.33. The number of amides is 1. The Balaban J connectivity index is 2.00. The number of benzene rings is 2. The van der Waals surface area contributed by atoms with Crippen molar-refractivity contribution in [1.29, 1.82) is 0 Å². The Hall–Kier alpha value is -3.24. The number of alkyl halides is 3. The second-order valence-corrected chi connectivity index (χ2v) is 5.34. The van der Waals surface area contributed by atoms with Crippen molar-refractivity contribution in [2.45, 2.75) is 12.6 Å². The molecule has 2 rings (SSSR count). The van der Waals surface area contributed by atoms with E-state index in [0.717, 1.165) is 18.2 Å². The summed E-state index contributed by atoms with van der Waals surface area (Å²) in [7, 11) is 0. The zero-order valence-electron chi connectivity index (χ0n) is 13.4. The van der Waals surface area contributed by atoms with E-state index in [1.54, 1.807) is 0 Å². The first kappa shape index (κ1) is 20.1. The van der Waals surface area contributed by atoms with Gasteiger partial charge in [0, 0.05) is 25.1 Å². The molecule has 0 unspecified atom stereocenters. The molecule has 0 fully saturated rings. The molecule has 2 aromatic carbocycles. The Morgan fingerprint density at radius 1 is 1.07 bits per heavy atom. The van der Waals surface area contributed by atoms with Crippen LogP contribution in [-0.2, 0) is 11.0 Å². The van der Waals surface area contributed by atoms with Crippen molar-refractivity contribution < 1.29 is 31.7 Å². The average molecular weight is 389 g/mol. The molecule has 0 radical (unpaired) electrons. The molecule has 0 aliphatic rings. The highest BCUT2D eigenvalue weighted by Gasteiger charge is 2.33. The van der Waals surface area contributed by atoms with Gasteiger partial charge in [0.25, 0.3) is 5.69 Å². The lowest BCUT2D eigenvalue weighted by Crippen LogP contribution is -2.17. The van der Waals surface area contributed by atoms with Crippen LogP contribution in [0, 0.1) is 21.7 Å². The van der Waals surface area contributed by atoms with E-state index in [1.807, 2.05) is 0 Å². The van der Waals surface area contributed by atoms with E-state index in [0.29, 0.717) is 18.2 Å². The summed E-state index contributed by atoms with van der Waals surface area (Å²) < 4.78 is 64.1. The molecule has 0 aromatic heterocycles. The minimum absolute atomic E-state index is 0.166. The van der Waals surface area contributed by atoms with Gasteiger partial charge in [-0.3, -0.25) is 14.9 Å². The Kier molecular flexibility index (Phi) is 5.93. The van der Waals surface area contributed by atoms with Gasteiger partial charge in [-0.25, -0.2) is 8.78 Å². The van der Waals surface area contributed by atoms with Crippen molar-refractivity contribution in [2.24, 2.45) is 0 Å². The van der Waals surface area contributed by atoms with Gasteiger partial charge in [0.1, 0.15) is 17.3 Å². The number of hydrogen-bond donors (Lipinski definition) is 2. The summed E-state index contributed by atoms with van der Waals surface area (Å²) in [5.41, 5.74) is -2.42. The lowest BCUT2D eigenvalue weighted by Gasteiger charge is -2.11. The molecule has 0 atom stereocenters. The fraction of sp³-hybridized carbons (Fsp3) is 0.188. The number of anilines is 2. The summed E-state index contributed by atoms with van der Waals surface area (Å²) in [5, 5.41) is 15.6. The van der Waals surface area contributed by atoms with Gasteiger partial charge in [-0.1, -0.05) is 0 Å². The van der Waals surface area contributed by atoms with Crippen molar-refractivity contribution in [3.63, 3.8) is 0 Å². The molecule has 2 aromatic rings. The van der Waals surface area contributed by atoms with Gasteiger partial charge in [0.15, 0.2) is 0 Å². The number of halogens is 5. The Morgan fingerprint density at radius 3 is 2.33 bits per heavy atom. The highest BCUT2D eigenvalue weighted by molar-refractivity contribution is 5.91. The smallest absolute Gasteiger partial charge is 0.379 e. The zero-order valence-corrected chi connectivity index (χ0v) is 13.4. The van der Waals surface area contributed by atoms with E-state index in [2.05, 4.69) is 10.6 Å². The maximum atomic E-state index is 13.4. The number of carbonyl (C=O) groups is 1. The molecule has 6 nitrogen and oxygen atoms in total. The monoisotopic (exact) mass is 389 g/mol. The number of carbonyl (C=O) groups excluding carboxylic acids is 1. The largest absolute Gasteiger partial charge is 0.416 e. The summed E-state index contributed by atoms with van der Waals surface area (Å²) >= 11 is 0. The quantitative estimate of drug-likeness (QED) is 0.438. The topological polar surface area (TPSA) is 84.3 Å². The second kappa shape index (κ2) is 7.98. The molecule has 0 aliphatic carbocycles. The fourth-order valence-electron chi connectivity index (χ4n) is 2.12. The van der Waals surface area contributed by atoms with Crippen LogP contribution in [0.2, 0.25) is 0 Å². The average Bonchev–Trinajstić information content (AvgIpc) is 2.56. The molecule has 0 saturated carbocycles. The summed E-state index contributed by atoms with van der Waals surface area (Å²) in [5.74, 6) is -2.47. The minimum Gasteiger partial charge on any atom is -0.379 e. The molecule has 0 aliphatic heterocycles. The van der Waals surface area contributed by atoms with Crippen molar-refractivity contribution >= 4 is 23.0 Å². The first-order chi connectivity index (χ1) is 12.6. The van der Waals surface area contributed by atoms with Crippen molar-refractivity contribution in [3.05, 3.63) is 63.7 Å². The molecule has 0 heterocycles. The van der Waals surface area contributed by atoms with Crippen LogP contribution in [0.3, 0.4) is 0 Å². The van der Waals surface area contributed by atoms with Crippen LogP contribution in [0.5, 0.6) is 0 Å². The maximum Gasteiger partial charge on any atom is 0.416 e. The summed E-state index contributed by atoms with van der Waals surface area (Å²) in [6.45, 7) is -0.166. The molecule has 11 heteroatoms. The lowest BCUT2D eigenvalue weighted by atomic mass is 10.1. The molecule has 144 valence electrons. The fourth-order valence-corrected chi connectivity index (χ4v) is 2.12. The molecular formula is C16H12F5N3O3. The van der Waals surface area contributed by atoms with Gasteiger partial charge in [-0.05, 0) is 24.3 Å². The number of nitrogens with zero attached hydrogens (tertiary/aromatic N) is 1. The number of nitro groups is 1. The number of nitro benzene ring substituents is 1. The number of hydrogen-bond acceptors (Lipinski definition) is 4. The standard InChI is InChI=1S/C16H12F5N3O3/c17-10-2-4-12(11(18)8-10)23-15(25)5-6-22-13-3-1-9(16(19,20)21)7-14(13)24(26)27/h1-4,7-8,22H,5-6H2,(H,23,25). The SMILES string of the molecule is O=C(CCNc1ccc(C(F)(F)F)cc1[N+](=O)[O-])Nc1ccc(F)cc1F. The summed E-state index contributed by atoms with van der Waals surface area (Å²) in [6, 6.07) is 4.50. The normalized spacial score (nSPS) is 11.1. The first-order valence-corrected chi connectivity index (χ1v) is 7.42. The Labute approximate surface area is 149 Å². The molecular weight excluding hydrogens is 377 g/mol. The van der Waals surface area contributed by atoms with E-state index in [-0.39, 0.29) is 24.3 Å². The molecule has 27 heavy (non-hydrogen) atoms. The third-order valence-corrected chi connectivity index (χ3v) is 3.39. The molecule has 2 N–H and O–H groups in total. The first-order valence-electron chi connectivity index (χ1n) is 7.42. The molecule has 1 amide bonds. The van der Waals surface area contributed by atoms with Crippen LogP contribution in [0.15, 0.2) is 36.4 Å². The van der Waals surface area contributed by atoms with Crippen LogP contribution in [0.1, 0.15) is 12.0 Å². The van der Waals surface area contributed by atoms with Gasteiger partial charge in [-0.15, -0.1) is 0 Å². The van der Waals surface area contributed by atoms with E-state index in [9.17, 15) is 36.9 Å². The van der Waals surface area contributed by atoms with Gasteiger partial charge in [-0.2, -0.15) is 13.2 Å². The van der Waals surface area contributed by atoms with E-state index in [4.69, 9.17) is 0 Å². The highest BCUT2D eigenvalue weighted by Crippen LogP contribution is 2.34. The third kappa shape index (κ3) is 5.36. The number of rotatable bonds is 6. The van der Waals surface area contributed by atoms with Crippen LogP contribution in [-0.4, -0.2) is 17.4 Å². The highest BCUT2D eigenvalue weighted by atomic mass is 19.4. The van der Waals surface area contributed by atoms with Crippen LogP contribution < -0.4 is 10.6 Å². The van der Waals surface area contributed by atoms with Crippen molar-refractivity contribution in [2.75, 3.05) is 17.2 Å². The van der Waals surface area contributed by atoms with Crippen LogP contribution in [0.4, 0.5) is 39.0 Å². The third-order valence-electron chi connectivity index (χ3n) is 3.39. The predicted molar refractivity (Wildman–Crippen MR) is 86.2 cm³/mol. The van der Waals surface area contributed by atoms with Crippen molar-refractivity contribution in [3.8, 4) is 0 Å². The summed E-state index contributed by atoms with van der Waals surface area (Å²) in [6.07, 6.45) is -5.00. The second-order valence-electron chi connectivity index (χ2n) is 5.34. The maximum absolute atomic E-state index is 13.4. The minimum atomic E-state index is -4.73. The molecule has 0 spiro atoms. The van der Waals surface area contributed by atoms with Crippen molar-refractivity contribution in [1.82, 2.24) is 0 Å². The van der Waals surface area contributed by atoms with E-state index in [1.165, 1.54) is 0 Å². The van der Waals surface area contributed by atoms with Gasteiger partial charge < -0.3 is 10.6 Å².